The summed E-state index contributed by atoms with van der Waals surface area (Å²) in [5.41, 5.74) is 8.75. The summed E-state index contributed by atoms with van der Waals surface area (Å²) in [5.74, 6) is 1.63. The van der Waals surface area contributed by atoms with Gasteiger partial charge in [-0.2, -0.15) is 0 Å². The van der Waals surface area contributed by atoms with E-state index in [1.165, 1.54) is 24.0 Å². The maximum absolute atomic E-state index is 6.31. The zero-order valence-corrected chi connectivity index (χ0v) is 10.9. The molecule has 0 bridgehead atoms. The van der Waals surface area contributed by atoms with Gasteiger partial charge in [0.2, 0.25) is 0 Å². The molecule has 0 saturated carbocycles. The van der Waals surface area contributed by atoms with Crippen molar-refractivity contribution in [3.63, 3.8) is 0 Å². The van der Waals surface area contributed by atoms with Gasteiger partial charge in [-0.15, -0.1) is 0 Å². The molecule has 1 aromatic carbocycles. The molecule has 18 heavy (non-hydrogen) atoms. The molecule has 3 atom stereocenters. The topological polar surface area (TPSA) is 35.2 Å². The van der Waals surface area contributed by atoms with Crippen LogP contribution in [0.5, 0.6) is 5.75 Å². The first-order chi connectivity index (χ1) is 8.74. The summed E-state index contributed by atoms with van der Waals surface area (Å²) in [7, 11) is 0. The lowest BCUT2D eigenvalue weighted by molar-refractivity contribution is 0.0937. The molecule has 0 saturated heterocycles. The van der Waals surface area contributed by atoms with Crippen LogP contribution in [0, 0.1) is 12.8 Å². The van der Waals surface area contributed by atoms with Gasteiger partial charge in [-0.3, -0.25) is 0 Å². The molecular formula is C16H21NO. The van der Waals surface area contributed by atoms with E-state index in [1.807, 2.05) is 0 Å². The zero-order valence-electron chi connectivity index (χ0n) is 10.9. The first kappa shape index (κ1) is 11.8. The van der Waals surface area contributed by atoms with E-state index in [2.05, 4.69) is 37.3 Å². The fourth-order valence-electron chi connectivity index (χ4n) is 3.10. The Kier molecular flexibility index (Phi) is 3.13. The van der Waals surface area contributed by atoms with Crippen LogP contribution in [0.25, 0.3) is 0 Å². The van der Waals surface area contributed by atoms with Gasteiger partial charge in [0.25, 0.3) is 0 Å². The number of benzene rings is 1. The summed E-state index contributed by atoms with van der Waals surface area (Å²) >= 11 is 0. The largest absolute Gasteiger partial charge is 0.490 e. The van der Waals surface area contributed by atoms with Crippen LogP contribution < -0.4 is 10.5 Å². The molecule has 2 N–H and O–H groups in total. The van der Waals surface area contributed by atoms with Gasteiger partial charge in [0.1, 0.15) is 11.9 Å². The van der Waals surface area contributed by atoms with Crippen LogP contribution in [0.4, 0.5) is 0 Å². The fraction of sp³-hybridized carbons (Fsp3) is 0.500. The van der Waals surface area contributed by atoms with Crippen LogP contribution in [0.3, 0.4) is 0 Å². The van der Waals surface area contributed by atoms with Crippen molar-refractivity contribution in [1.29, 1.82) is 0 Å². The van der Waals surface area contributed by atoms with E-state index in [-0.39, 0.29) is 6.04 Å². The molecule has 2 aliphatic rings. The SMILES string of the molecule is Cc1ccc2c(c1)[C@H](N)CC(C1CC=CCC1)O2. The van der Waals surface area contributed by atoms with E-state index in [1.54, 1.807) is 0 Å². The smallest absolute Gasteiger partial charge is 0.124 e. The van der Waals surface area contributed by atoms with Crippen molar-refractivity contribution in [2.24, 2.45) is 11.7 Å². The van der Waals surface area contributed by atoms with Gasteiger partial charge < -0.3 is 10.5 Å². The van der Waals surface area contributed by atoms with E-state index in [0.29, 0.717) is 12.0 Å². The number of hydrogen-bond donors (Lipinski definition) is 1. The monoisotopic (exact) mass is 243 g/mol. The summed E-state index contributed by atoms with van der Waals surface area (Å²) in [6.45, 7) is 2.10. The second-order valence-electron chi connectivity index (χ2n) is 5.58. The molecule has 2 heteroatoms. The van der Waals surface area contributed by atoms with Crippen molar-refractivity contribution in [2.75, 3.05) is 0 Å². The predicted molar refractivity (Wildman–Crippen MR) is 73.6 cm³/mol. The van der Waals surface area contributed by atoms with Crippen LogP contribution in [0.2, 0.25) is 0 Å². The average Bonchev–Trinajstić information content (AvgIpc) is 2.40. The highest BCUT2D eigenvalue weighted by molar-refractivity contribution is 5.40. The fourth-order valence-corrected chi connectivity index (χ4v) is 3.10. The minimum Gasteiger partial charge on any atom is -0.490 e. The number of hydrogen-bond acceptors (Lipinski definition) is 2. The maximum atomic E-state index is 6.31. The third-order valence-corrected chi connectivity index (χ3v) is 4.16. The zero-order chi connectivity index (χ0) is 12.5. The second kappa shape index (κ2) is 4.77. The Labute approximate surface area is 109 Å². The quantitative estimate of drug-likeness (QED) is 0.766. The van der Waals surface area contributed by atoms with Crippen LogP contribution in [0.1, 0.15) is 42.9 Å². The minimum atomic E-state index is 0.129. The van der Waals surface area contributed by atoms with E-state index in [4.69, 9.17) is 10.5 Å². The molecule has 96 valence electrons. The normalized spacial score (nSPS) is 30.7. The van der Waals surface area contributed by atoms with Gasteiger partial charge in [-0.05, 0) is 38.2 Å². The number of nitrogens with two attached hydrogens (primary N) is 1. The van der Waals surface area contributed by atoms with Crippen molar-refractivity contribution in [2.45, 2.75) is 44.8 Å². The number of fused-ring (bicyclic) bond motifs is 1. The second-order valence-corrected chi connectivity index (χ2v) is 5.58. The van der Waals surface area contributed by atoms with Gasteiger partial charge in [0.05, 0.1) is 0 Å². The molecule has 3 rings (SSSR count). The predicted octanol–water partition coefficient (Wildman–Crippen LogP) is 3.50. The van der Waals surface area contributed by atoms with E-state index in [9.17, 15) is 0 Å². The molecule has 0 spiro atoms. The van der Waals surface area contributed by atoms with Gasteiger partial charge >= 0.3 is 0 Å². The number of rotatable bonds is 1. The van der Waals surface area contributed by atoms with Crippen LogP contribution in [-0.4, -0.2) is 6.10 Å². The molecule has 1 heterocycles. The number of aryl methyl sites for hydroxylation is 1. The molecule has 0 aromatic heterocycles. The first-order valence-corrected chi connectivity index (χ1v) is 6.92. The average molecular weight is 243 g/mol. The molecule has 0 radical (unpaired) electrons. The van der Waals surface area contributed by atoms with Gasteiger partial charge in [0, 0.05) is 18.0 Å². The molecule has 1 aromatic rings. The Bertz CT molecular complexity index is 466. The Balaban J connectivity index is 1.82. The Hall–Kier alpha value is -1.28. The maximum Gasteiger partial charge on any atom is 0.124 e. The van der Waals surface area contributed by atoms with Crippen molar-refractivity contribution in [3.05, 3.63) is 41.5 Å². The Morgan fingerprint density at radius 1 is 1.28 bits per heavy atom. The third kappa shape index (κ3) is 2.17. The van der Waals surface area contributed by atoms with Crippen LogP contribution in [-0.2, 0) is 0 Å². The van der Waals surface area contributed by atoms with Crippen LogP contribution >= 0.6 is 0 Å². The van der Waals surface area contributed by atoms with E-state index in [0.717, 1.165) is 18.6 Å². The van der Waals surface area contributed by atoms with Crippen LogP contribution in [0.15, 0.2) is 30.4 Å². The Morgan fingerprint density at radius 2 is 2.17 bits per heavy atom. The summed E-state index contributed by atoms with van der Waals surface area (Å²) < 4.78 is 6.18. The third-order valence-electron chi connectivity index (χ3n) is 4.16. The van der Waals surface area contributed by atoms with E-state index < -0.39 is 0 Å². The molecule has 2 unspecified atom stereocenters. The van der Waals surface area contributed by atoms with E-state index >= 15 is 0 Å². The first-order valence-electron chi connectivity index (χ1n) is 6.92. The highest BCUT2D eigenvalue weighted by Crippen LogP contribution is 2.38. The van der Waals surface area contributed by atoms with Gasteiger partial charge in [-0.1, -0.05) is 29.8 Å². The lowest BCUT2D eigenvalue weighted by atomic mass is 9.83. The number of ether oxygens (including phenoxy) is 1. The minimum absolute atomic E-state index is 0.129. The van der Waals surface area contributed by atoms with Crippen molar-refractivity contribution < 1.29 is 4.74 Å². The lowest BCUT2D eigenvalue weighted by Crippen LogP contribution is -2.35. The highest BCUT2D eigenvalue weighted by Gasteiger charge is 2.31. The molecule has 1 aliphatic heterocycles. The summed E-state index contributed by atoms with van der Waals surface area (Å²) in [6, 6.07) is 6.48. The summed E-state index contributed by atoms with van der Waals surface area (Å²) in [6.07, 6.45) is 9.35. The molecule has 0 amide bonds. The van der Waals surface area contributed by atoms with Gasteiger partial charge in [0.15, 0.2) is 0 Å². The standard InChI is InChI=1S/C16H21NO/c1-11-7-8-15-13(9-11)14(17)10-16(18-15)12-5-3-2-4-6-12/h2-3,7-9,12,14,16H,4-6,10,17H2,1H3/t12?,14-,16?/m1/s1. The summed E-state index contributed by atoms with van der Waals surface area (Å²) in [5, 5.41) is 0. The van der Waals surface area contributed by atoms with Crippen molar-refractivity contribution >= 4 is 0 Å². The highest BCUT2D eigenvalue weighted by atomic mass is 16.5. The molecule has 2 nitrogen and oxygen atoms in total. The molecule has 0 fully saturated rings. The van der Waals surface area contributed by atoms with Crippen molar-refractivity contribution in [1.82, 2.24) is 0 Å². The summed E-state index contributed by atoms with van der Waals surface area (Å²) in [4.78, 5) is 0. The van der Waals surface area contributed by atoms with Gasteiger partial charge in [-0.25, -0.2) is 0 Å². The molecule has 1 aliphatic carbocycles. The Morgan fingerprint density at radius 3 is 2.94 bits per heavy atom. The number of allylic oxidation sites excluding steroid dienone is 2. The molecular weight excluding hydrogens is 222 g/mol. The van der Waals surface area contributed by atoms with Crippen molar-refractivity contribution in [3.8, 4) is 5.75 Å². The lowest BCUT2D eigenvalue weighted by Gasteiger charge is -2.36.